The van der Waals surface area contributed by atoms with Crippen LogP contribution in [0.4, 0.5) is 0 Å². The van der Waals surface area contributed by atoms with Crippen molar-refractivity contribution < 1.29 is 107 Å². The third kappa shape index (κ3) is 25.4. The van der Waals surface area contributed by atoms with Gasteiger partial charge in [-0.15, -0.1) is 0 Å². The zero-order valence-corrected chi connectivity index (χ0v) is 17.2. The van der Waals surface area contributed by atoms with E-state index in [0.29, 0.717) is 13.0 Å². The van der Waals surface area contributed by atoms with Crippen molar-refractivity contribution in [2.24, 2.45) is 0 Å². The van der Waals surface area contributed by atoms with Crippen LogP contribution in [0.5, 0.6) is 0 Å². The van der Waals surface area contributed by atoms with E-state index in [0.717, 1.165) is 6.26 Å². The predicted octanol–water partition coefficient (Wildman–Crippen LogP) is 0.0835. The minimum absolute atomic E-state index is 0. The van der Waals surface area contributed by atoms with Gasteiger partial charge >= 0.3 is 0 Å². The van der Waals surface area contributed by atoms with E-state index in [2.05, 4.69) is 10.0 Å². The van der Waals surface area contributed by atoms with E-state index in [1.54, 1.807) is 13.6 Å². The van der Waals surface area contributed by atoms with Gasteiger partial charge in [-0.2, -0.15) is 13.0 Å². The second-order valence-corrected chi connectivity index (χ2v) is 3.59. The topological polar surface area (TPSA) is 60.3 Å². The van der Waals surface area contributed by atoms with Crippen LogP contribution in [0.25, 0.3) is 4.72 Å². The van der Waals surface area contributed by atoms with E-state index >= 15 is 0 Å². The first-order valence-electron chi connectivity index (χ1n) is 2.94. The minimum atomic E-state index is -3.13. The summed E-state index contributed by atoms with van der Waals surface area (Å²) in [6, 6.07) is 0. The Hall–Kier alpha value is 3.18. The number of rotatable bonds is 5. The first-order chi connectivity index (χ1) is 4.56. The standard InChI is InChI=1S/C5H12N2O2S.3Y/c1-6-4-3-5-7-10(2,8)9;;;/h4,6H,3,5H2,1-2H3;;;/q-2;;;. The first kappa shape index (κ1) is 25.1. The molecule has 0 saturated heterocycles. The first-order valence-corrected chi connectivity index (χ1v) is 4.79. The molecule has 0 aromatic heterocycles. The third-order valence-electron chi connectivity index (χ3n) is 0.803. The van der Waals surface area contributed by atoms with Crippen molar-refractivity contribution in [2.75, 3.05) is 19.8 Å². The van der Waals surface area contributed by atoms with Crippen LogP contribution in [-0.4, -0.2) is 28.3 Å². The summed E-state index contributed by atoms with van der Waals surface area (Å²) in [6.45, 7) is 2.09. The van der Waals surface area contributed by atoms with Crippen molar-refractivity contribution in [3.05, 3.63) is 11.3 Å². The van der Waals surface area contributed by atoms with Crippen molar-refractivity contribution >= 4 is 10.0 Å². The van der Waals surface area contributed by atoms with E-state index in [1.807, 2.05) is 0 Å². The van der Waals surface area contributed by atoms with Crippen LogP contribution in [-0.2, 0) is 108 Å². The predicted molar refractivity (Wildman–Crippen MR) is 41.0 cm³/mol. The van der Waals surface area contributed by atoms with Crippen molar-refractivity contribution in [2.45, 2.75) is 6.42 Å². The molecule has 8 heteroatoms. The molecular weight excluding hydrogens is 419 g/mol. The van der Waals surface area contributed by atoms with Crippen LogP contribution in [0.3, 0.4) is 0 Å². The fraction of sp³-hybridized carbons (Fsp3) is 0.800. The van der Waals surface area contributed by atoms with Crippen LogP contribution in [0, 0.1) is 6.54 Å². The van der Waals surface area contributed by atoms with Gasteiger partial charge in [0.05, 0.1) is 10.0 Å². The minimum Gasteiger partial charge on any atom is -0.551 e. The zero-order valence-electron chi connectivity index (χ0n) is 7.90. The molecule has 0 aliphatic rings. The Morgan fingerprint density at radius 1 is 1.31 bits per heavy atom. The summed E-state index contributed by atoms with van der Waals surface area (Å²) in [5.41, 5.74) is 0. The Labute approximate surface area is 156 Å². The Bertz CT molecular complexity index is 175. The molecular formula is C5H12N2O2SY3-2. The molecule has 0 aromatic rings. The van der Waals surface area contributed by atoms with Gasteiger partial charge in [0.1, 0.15) is 0 Å². The molecule has 0 saturated carbocycles. The summed E-state index contributed by atoms with van der Waals surface area (Å²) in [5.74, 6) is 0. The van der Waals surface area contributed by atoms with Crippen LogP contribution < -0.4 is 5.32 Å². The van der Waals surface area contributed by atoms with E-state index in [-0.39, 0.29) is 98.1 Å². The molecule has 0 amide bonds. The van der Waals surface area contributed by atoms with Gasteiger partial charge in [-0.1, -0.05) is 0 Å². The summed E-state index contributed by atoms with van der Waals surface area (Å²) in [7, 11) is -1.36. The monoisotopic (exact) mass is 431 g/mol. The number of nitrogens with one attached hydrogen (secondary N) is 1. The Morgan fingerprint density at radius 2 is 1.77 bits per heavy atom. The molecule has 0 rings (SSSR count). The third-order valence-corrected chi connectivity index (χ3v) is 1.45. The smallest absolute Gasteiger partial charge is 0.0691 e. The fourth-order valence-electron chi connectivity index (χ4n) is 0.427. The number of nitrogens with zero attached hydrogens (tertiary/aromatic N) is 1. The van der Waals surface area contributed by atoms with E-state index in [9.17, 15) is 8.42 Å². The van der Waals surface area contributed by atoms with Crippen molar-refractivity contribution in [1.82, 2.24) is 5.32 Å². The SMILES string of the molecule is CN[CH-]CC[N-]S(C)(=O)=O.[Y].[Y].[Y]. The molecule has 13 heavy (non-hydrogen) atoms. The van der Waals surface area contributed by atoms with Crippen molar-refractivity contribution in [1.29, 1.82) is 0 Å². The molecule has 0 fully saturated rings. The Balaban J connectivity index is -0.000000135. The largest absolute Gasteiger partial charge is 0.551 e. The molecule has 0 atom stereocenters. The molecule has 1 N–H and O–H groups in total. The van der Waals surface area contributed by atoms with Crippen LogP contribution in [0.15, 0.2) is 0 Å². The Kier molecular flexibility index (Phi) is 29.4. The molecule has 3 radical (unpaired) electrons. The maximum Gasteiger partial charge on any atom is 0.0691 e. The number of hydrogen-bond donors (Lipinski definition) is 1. The van der Waals surface area contributed by atoms with E-state index < -0.39 is 10.0 Å². The molecule has 0 spiro atoms. The number of sulfonamides is 1. The van der Waals surface area contributed by atoms with Crippen molar-refractivity contribution in [3.8, 4) is 0 Å². The maximum absolute atomic E-state index is 10.4. The Morgan fingerprint density at radius 3 is 2.08 bits per heavy atom. The van der Waals surface area contributed by atoms with Gasteiger partial charge in [-0.3, -0.25) is 6.54 Å². The molecule has 0 aliphatic heterocycles. The average molecular weight is 431 g/mol. The second kappa shape index (κ2) is 15.2. The van der Waals surface area contributed by atoms with Gasteiger partial charge in [0, 0.05) is 104 Å². The van der Waals surface area contributed by atoms with Gasteiger partial charge in [0.2, 0.25) is 0 Å². The number of hydrogen-bond acceptors (Lipinski definition) is 3. The van der Waals surface area contributed by atoms with Gasteiger partial charge in [-0.05, 0) is 7.05 Å². The molecule has 0 aliphatic carbocycles. The summed E-state index contributed by atoms with van der Waals surface area (Å²) in [6.07, 6.45) is 1.73. The molecule has 0 heterocycles. The van der Waals surface area contributed by atoms with Gasteiger partial charge in [0.15, 0.2) is 0 Å². The van der Waals surface area contributed by atoms with Crippen molar-refractivity contribution in [3.63, 3.8) is 0 Å². The van der Waals surface area contributed by atoms with Gasteiger partial charge in [-0.25, -0.2) is 8.42 Å². The summed E-state index contributed by atoms with van der Waals surface area (Å²) in [4.78, 5) is 0. The zero-order chi connectivity index (χ0) is 8.04. The molecule has 71 valence electrons. The summed E-state index contributed by atoms with van der Waals surface area (Å²) in [5, 5.41) is 2.77. The van der Waals surface area contributed by atoms with Gasteiger partial charge in [0.25, 0.3) is 0 Å². The fourth-order valence-corrected chi connectivity index (χ4v) is 0.864. The maximum atomic E-state index is 10.4. The van der Waals surface area contributed by atoms with Crippen LogP contribution >= 0.6 is 0 Å². The molecule has 0 bridgehead atoms. The molecule has 0 unspecified atom stereocenters. The summed E-state index contributed by atoms with van der Waals surface area (Å²) >= 11 is 0. The van der Waals surface area contributed by atoms with E-state index in [1.165, 1.54) is 0 Å². The van der Waals surface area contributed by atoms with Gasteiger partial charge < -0.3 is 10.0 Å². The van der Waals surface area contributed by atoms with Crippen LogP contribution in [0.2, 0.25) is 0 Å². The normalized spacial score (nSPS) is 9.08. The quantitative estimate of drug-likeness (QED) is 0.496. The summed E-state index contributed by atoms with van der Waals surface area (Å²) < 4.78 is 24.2. The molecule has 0 aromatic carbocycles. The van der Waals surface area contributed by atoms with E-state index in [4.69, 9.17) is 0 Å². The molecule has 4 nitrogen and oxygen atoms in total. The average Bonchev–Trinajstić information content (AvgIpc) is 1.78. The van der Waals surface area contributed by atoms with Crippen LogP contribution in [0.1, 0.15) is 6.42 Å². The second-order valence-electron chi connectivity index (χ2n) is 1.87.